The average molecular weight is 192 g/mol. The van der Waals surface area contributed by atoms with E-state index in [0.717, 1.165) is 18.9 Å². The molecule has 1 rings (SSSR count). The van der Waals surface area contributed by atoms with E-state index in [0.29, 0.717) is 6.61 Å². The zero-order chi connectivity index (χ0) is 8.81. The van der Waals surface area contributed by atoms with Gasteiger partial charge in [0.2, 0.25) is 0 Å². The highest BCUT2D eigenvalue weighted by molar-refractivity contribution is 6.20. The fourth-order valence-electron chi connectivity index (χ4n) is 1.15. The van der Waals surface area contributed by atoms with Crippen molar-refractivity contribution in [3.8, 4) is 0 Å². The van der Waals surface area contributed by atoms with Crippen molar-refractivity contribution < 1.29 is 4.74 Å². The van der Waals surface area contributed by atoms with Crippen molar-refractivity contribution in [3.05, 3.63) is 0 Å². The van der Waals surface area contributed by atoms with E-state index in [1.807, 2.05) is 0 Å². The van der Waals surface area contributed by atoms with Gasteiger partial charge in [0.25, 0.3) is 0 Å². The number of rotatable bonds is 7. The Kier molecular flexibility index (Phi) is 4.96. The molecular formula is C9H18ClNO. The van der Waals surface area contributed by atoms with Gasteiger partial charge in [-0.3, -0.25) is 0 Å². The van der Waals surface area contributed by atoms with Crippen molar-refractivity contribution >= 4 is 11.6 Å². The van der Waals surface area contributed by atoms with Gasteiger partial charge in [-0.1, -0.05) is 0 Å². The molecule has 0 spiro atoms. The molecule has 2 nitrogen and oxygen atoms in total. The number of hydrogen-bond donors (Lipinski definition) is 1. The minimum Gasteiger partial charge on any atom is -0.383 e. The van der Waals surface area contributed by atoms with Crippen LogP contribution in [0, 0.1) is 5.92 Å². The van der Waals surface area contributed by atoms with Crippen LogP contribution in [0.2, 0.25) is 0 Å². The second-order valence-electron chi connectivity index (χ2n) is 3.49. The molecule has 1 saturated carbocycles. The monoisotopic (exact) mass is 191 g/mol. The third-order valence-corrected chi connectivity index (χ3v) is 2.46. The number of methoxy groups -OCH3 is 1. The van der Waals surface area contributed by atoms with Crippen LogP contribution in [0.25, 0.3) is 0 Å². The predicted molar refractivity (Wildman–Crippen MR) is 51.7 cm³/mol. The second-order valence-corrected chi connectivity index (χ2v) is 4.11. The van der Waals surface area contributed by atoms with Gasteiger partial charge in [-0.25, -0.2) is 0 Å². The molecule has 0 saturated heterocycles. The molecule has 1 atom stereocenters. The lowest BCUT2D eigenvalue weighted by Crippen LogP contribution is -2.22. The highest BCUT2D eigenvalue weighted by atomic mass is 35.5. The number of nitrogens with one attached hydrogen (secondary N) is 1. The van der Waals surface area contributed by atoms with E-state index >= 15 is 0 Å². The summed E-state index contributed by atoms with van der Waals surface area (Å²) in [6.45, 7) is 2.86. The minimum atomic E-state index is 0.168. The summed E-state index contributed by atoms with van der Waals surface area (Å²) in [5, 5.41) is 3.56. The lowest BCUT2D eigenvalue weighted by Gasteiger charge is -2.08. The van der Waals surface area contributed by atoms with E-state index in [-0.39, 0.29) is 5.38 Å². The lowest BCUT2D eigenvalue weighted by atomic mass is 10.3. The summed E-state index contributed by atoms with van der Waals surface area (Å²) in [4.78, 5) is 0. The van der Waals surface area contributed by atoms with Crippen molar-refractivity contribution in [3.63, 3.8) is 0 Å². The Bertz CT molecular complexity index is 117. The second kappa shape index (κ2) is 5.79. The molecule has 1 N–H and O–H groups in total. The van der Waals surface area contributed by atoms with Gasteiger partial charge in [0.05, 0.1) is 12.0 Å². The predicted octanol–water partition coefficient (Wildman–Crippen LogP) is 1.63. The number of alkyl halides is 1. The highest BCUT2D eigenvalue weighted by Crippen LogP contribution is 2.27. The van der Waals surface area contributed by atoms with Gasteiger partial charge in [0.1, 0.15) is 0 Å². The molecule has 1 aliphatic carbocycles. The molecule has 12 heavy (non-hydrogen) atoms. The number of halogens is 1. The first kappa shape index (κ1) is 10.3. The van der Waals surface area contributed by atoms with Gasteiger partial charge in [0, 0.05) is 7.11 Å². The van der Waals surface area contributed by atoms with E-state index in [9.17, 15) is 0 Å². The molecule has 0 aromatic carbocycles. The highest BCUT2D eigenvalue weighted by Gasteiger charge is 2.20. The average Bonchev–Trinajstić information content (AvgIpc) is 2.82. The van der Waals surface area contributed by atoms with Crippen molar-refractivity contribution in [2.45, 2.75) is 24.6 Å². The van der Waals surface area contributed by atoms with Crippen molar-refractivity contribution in [2.24, 2.45) is 5.92 Å². The summed E-state index contributed by atoms with van der Waals surface area (Å²) in [5.41, 5.74) is 0. The van der Waals surface area contributed by atoms with Gasteiger partial charge < -0.3 is 10.1 Å². The molecule has 0 heterocycles. The van der Waals surface area contributed by atoms with Crippen LogP contribution in [0.5, 0.6) is 0 Å². The normalized spacial score (nSPS) is 19.5. The van der Waals surface area contributed by atoms with Crippen molar-refractivity contribution in [1.29, 1.82) is 0 Å². The Morgan fingerprint density at radius 3 is 2.92 bits per heavy atom. The Hall–Kier alpha value is 0.210. The van der Waals surface area contributed by atoms with Crippen LogP contribution >= 0.6 is 11.6 Å². The molecular weight excluding hydrogens is 174 g/mol. The quantitative estimate of drug-likeness (QED) is 0.488. The Labute approximate surface area is 79.6 Å². The first-order chi connectivity index (χ1) is 5.83. The molecule has 3 heteroatoms. The first-order valence-electron chi connectivity index (χ1n) is 4.66. The van der Waals surface area contributed by atoms with E-state index in [4.69, 9.17) is 16.3 Å². The lowest BCUT2D eigenvalue weighted by molar-refractivity contribution is 0.195. The van der Waals surface area contributed by atoms with Crippen molar-refractivity contribution in [2.75, 3.05) is 26.8 Å². The van der Waals surface area contributed by atoms with Crippen LogP contribution in [0.3, 0.4) is 0 Å². The van der Waals surface area contributed by atoms with Crippen LogP contribution in [-0.2, 0) is 4.74 Å². The fraction of sp³-hybridized carbons (Fsp3) is 1.00. The molecule has 0 amide bonds. The number of hydrogen-bond acceptors (Lipinski definition) is 2. The molecule has 72 valence electrons. The topological polar surface area (TPSA) is 21.3 Å². The largest absolute Gasteiger partial charge is 0.383 e. The summed E-state index contributed by atoms with van der Waals surface area (Å²) >= 11 is 5.95. The van der Waals surface area contributed by atoms with Crippen molar-refractivity contribution in [1.82, 2.24) is 5.32 Å². The molecule has 1 fully saturated rings. The maximum Gasteiger partial charge on any atom is 0.0626 e. The van der Waals surface area contributed by atoms with E-state index in [1.54, 1.807) is 7.11 Å². The van der Waals surface area contributed by atoms with Gasteiger partial charge in [0.15, 0.2) is 0 Å². The maximum absolute atomic E-state index is 5.95. The summed E-state index contributed by atoms with van der Waals surface area (Å²) in [6, 6.07) is 0. The molecule has 0 bridgehead atoms. The smallest absolute Gasteiger partial charge is 0.0626 e. The van der Waals surface area contributed by atoms with E-state index < -0.39 is 0 Å². The van der Waals surface area contributed by atoms with Gasteiger partial charge >= 0.3 is 0 Å². The Morgan fingerprint density at radius 1 is 1.58 bits per heavy atom. The fourth-order valence-corrected chi connectivity index (χ4v) is 1.39. The molecule has 0 radical (unpaired) electrons. The zero-order valence-electron chi connectivity index (χ0n) is 7.68. The third kappa shape index (κ3) is 4.96. The molecule has 0 aromatic rings. The Morgan fingerprint density at radius 2 is 2.33 bits per heavy atom. The summed E-state index contributed by atoms with van der Waals surface area (Å²) in [5.74, 6) is 0.959. The van der Waals surface area contributed by atoms with Crippen LogP contribution in [-0.4, -0.2) is 32.2 Å². The van der Waals surface area contributed by atoms with Crippen LogP contribution in [0.1, 0.15) is 19.3 Å². The molecule has 1 unspecified atom stereocenters. The summed E-state index contributed by atoms with van der Waals surface area (Å²) in [6.07, 6.45) is 3.83. The summed E-state index contributed by atoms with van der Waals surface area (Å²) < 4.78 is 4.93. The van der Waals surface area contributed by atoms with Gasteiger partial charge in [-0.05, 0) is 38.3 Å². The van der Waals surface area contributed by atoms with E-state index in [1.165, 1.54) is 19.4 Å². The van der Waals surface area contributed by atoms with Gasteiger partial charge in [-0.15, -0.1) is 11.6 Å². The SMILES string of the molecule is COCC(Cl)CCNCC1CC1. The summed E-state index contributed by atoms with van der Waals surface area (Å²) in [7, 11) is 1.69. The maximum atomic E-state index is 5.95. The zero-order valence-corrected chi connectivity index (χ0v) is 8.44. The molecule has 1 aliphatic rings. The Balaban J connectivity index is 1.80. The molecule has 0 aromatic heterocycles. The third-order valence-electron chi connectivity index (χ3n) is 2.11. The first-order valence-corrected chi connectivity index (χ1v) is 5.10. The van der Waals surface area contributed by atoms with Crippen LogP contribution in [0.4, 0.5) is 0 Å². The van der Waals surface area contributed by atoms with E-state index in [2.05, 4.69) is 5.32 Å². The standard InChI is InChI=1S/C9H18ClNO/c1-12-7-9(10)4-5-11-6-8-2-3-8/h8-9,11H,2-7H2,1H3. The van der Waals surface area contributed by atoms with Crippen LogP contribution in [0.15, 0.2) is 0 Å². The minimum absolute atomic E-state index is 0.168. The van der Waals surface area contributed by atoms with Gasteiger partial charge in [-0.2, -0.15) is 0 Å². The van der Waals surface area contributed by atoms with Crippen LogP contribution < -0.4 is 5.32 Å². The molecule has 0 aliphatic heterocycles. The number of ether oxygens (including phenoxy) is 1.